The Balaban J connectivity index is 1.89. The summed E-state index contributed by atoms with van der Waals surface area (Å²) in [5, 5.41) is 11.8. The summed E-state index contributed by atoms with van der Waals surface area (Å²) in [6, 6.07) is 7.08. The molecule has 1 aliphatic heterocycles. The van der Waals surface area contributed by atoms with Gasteiger partial charge in [-0.3, -0.25) is 4.79 Å². The first-order valence-electron chi connectivity index (χ1n) is 7.39. The number of amides is 1. The standard InChI is InChI=1S/C16H20N2O4/c1-2-21-15-9-12(10-17)3-4-14(15)22-11-16(19)18-13-5-7-20-8-6-13/h3-4,9,13H,2,5-8,11H2,1H3,(H,18,19). The summed E-state index contributed by atoms with van der Waals surface area (Å²) in [5.41, 5.74) is 0.488. The first-order valence-corrected chi connectivity index (χ1v) is 7.39. The molecule has 0 saturated carbocycles. The van der Waals surface area contributed by atoms with Gasteiger partial charge in [0.05, 0.1) is 18.2 Å². The molecule has 6 nitrogen and oxygen atoms in total. The molecule has 0 atom stereocenters. The maximum atomic E-state index is 11.9. The maximum absolute atomic E-state index is 11.9. The molecule has 1 saturated heterocycles. The van der Waals surface area contributed by atoms with Crippen LogP contribution in [0, 0.1) is 11.3 Å². The summed E-state index contributed by atoms with van der Waals surface area (Å²) >= 11 is 0. The number of rotatable bonds is 6. The zero-order chi connectivity index (χ0) is 15.8. The predicted molar refractivity (Wildman–Crippen MR) is 79.8 cm³/mol. The normalized spacial score (nSPS) is 14.9. The van der Waals surface area contributed by atoms with Crippen molar-refractivity contribution in [2.45, 2.75) is 25.8 Å². The minimum absolute atomic E-state index is 0.0800. The largest absolute Gasteiger partial charge is 0.490 e. The second-order valence-electron chi connectivity index (χ2n) is 4.95. The Kier molecular flexibility index (Phi) is 6.04. The van der Waals surface area contributed by atoms with E-state index in [2.05, 4.69) is 5.32 Å². The molecule has 1 aromatic rings. The van der Waals surface area contributed by atoms with Gasteiger partial charge in [0.1, 0.15) is 0 Å². The molecule has 0 aromatic heterocycles. The molecular formula is C16H20N2O4. The Morgan fingerprint density at radius 1 is 1.36 bits per heavy atom. The van der Waals surface area contributed by atoms with Crippen LogP contribution in [0.2, 0.25) is 0 Å². The van der Waals surface area contributed by atoms with Crippen LogP contribution in [0.25, 0.3) is 0 Å². The molecule has 22 heavy (non-hydrogen) atoms. The molecule has 0 bridgehead atoms. The summed E-state index contributed by atoms with van der Waals surface area (Å²) in [7, 11) is 0. The fourth-order valence-corrected chi connectivity index (χ4v) is 2.22. The fraction of sp³-hybridized carbons (Fsp3) is 0.500. The predicted octanol–water partition coefficient (Wildman–Crippen LogP) is 1.63. The van der Waals surface area contributed by atoms with Gasteiger partial charge < -0.3 is 19.5 Å². The topological polar surface area (TPSA) is 80.6 Å². The van der Waals surface area contributed by atoms with Crippen molar-refractivity contribution in [2.24, 2.45) is 0 Å². The lowest BCUT2D eigenvalue weighted by molar-refractivity contribution is -0.124. The molecular weight excluding hydrogens is 284 g/mol. The van der Waals surface area contributed by atoms with E-state index in [0.29, 0.717) is 36.9 Å². The molecule has 0 aliphatic carbocycles. The van der Waals surface area contributed by atoms with Crippen molar-refractivity contribution in [1.29, 1.82) is 5.26 Å². The Morgan fingerprint density at radius 2 is 2.14 bits per heavy atom. The monoisotopic (exact) mass is 304 g/mol. The maximum Gasteiger partial charge on any atom is 0.258 e. The quantitative estimate of drug-likeness (QED) is 0.864. The van der Waals surface area contributed by atoms with Crippen LogP contribution >= 0.6 is 0 Å². The van der Waals surface area contributed by atoms with Crippen molar-refractivity contribution in [1.82, 2.24) is 5.32 Å². The van der Waals surface area contributed by atoms with Gasteiger partial charge in [-0.1, -0.05) is 0 Å². The molecule has 0 unspecified atom stereocenters. The van der Waals surface area contributed by atoms with Gasteiger partial charge in [-0.15, -0.1) is 0 Å². The first kappa shape index (κ1) is 16.1. The van der Waals surface area contributed by atoms with Crippen molar-refractivity contribution < 1.29 is 19.0 Å². The van der Waals surface area contributed by atoms with Gasteiger partial charge in [0.2, 0.25) is 0 Å². The molecule has 0 spiro atoms. The number of ether oxygens (including phenoxy) is 3. The average Bonchev–Trinajstić information content (AvgIpc) is 2.55. The lowest BCUT2D eigenvalue weighted by atomic mass is 10.1. The van der Waals surface area contributed by atoms with E-state index in [-0.39, 0.29) is 18.6 Å². The van der Waals surface area contributed by atoms with Gasteiger partial charge in [-0.25, -0.2) is 0 Å². The van der Waals surface area contributed by atoms with E-state index in [1.807, 2.05) is 13.0 Å². The van der Waals surface area contributed by atoms with E-state index in [1.165, 1.54) is 0 Å². The van der Waals surface area contributed by atoms with Gasteiger partial charge >= 0.3 is 0 Å². The minimum atomic E-state index is -0.168. The highest BCUT2D eigenvalue weighted by atomic mass is 16.5. The molecule has 6 heteroatoms. The number of carbonyl (C=O) groups is 1. The fourth-order valence-electron chi connectivity index (χ4n) is 2.22. The molecule has 1 heterocycles. The number of hydrogen-bond acceptors (Lipinski definition) is 5. The highest BCUT2D eigenvalue weighted by Crippen LogP contribution is 2.28. The molecule has 1 fully saturated rings. The van der Waals surface area contributed by atoms with Crippen LogP contribution < -0.4 is 14.8 Å². The van der Waals surface area contributed by atoms with Crippen LogP contribution in [0.15, 0.2) is 18.2 Å². The Hall–Kier alpha value is -2.26. The second kappa shape index (κ2) is 8.25. The zero-order valence-electron chi connectivity index (χ0n) is 12.6. The van der Waals surface area contributed by atoms with Gasteiger partial charge in [0.15, 0.2) is 18.1 Å². The van der Waals surface area contributed by atoms with Crippen LogP contribution in [-0.4, -0.2) is 38.4 Å². The summed E-state index contributed by atoms with van der Waals surface area (Å²) in [6.45, 7) is 3.58. The molecule has 2 rings (SSSR count). The minimum Gasteiger partial charge on any atom is -0.490 e. The lowest BCUT2D eigenvalue weighted by Crippen LogP contribution is -2.41. The molecule has 1 aromatic carbocycles. The lowest BCUT2D eigenvalue weighted by Gasteiger charge is -2.23. The van der Waals surface area contributed by atoms with E-state index >= 15 is 0 Å². The smallest absolute Gasteiger partial charge is 0.258 e. The Morgan fingerprint density at radius 3 is 2.82 bits per heavy atom. The number of hydrogen-bond donors (Lipinski definition) is 1. The number of benzene rings is 1. The highest BCUT2D eigenvalue weighted by molar-refractivity contribution is 5.78. The first-order chi connectivity index (χ1) is 10.7. The van der Waals surface area contributed by atoms with Crippen molar-refractivity contribution >= 4 is 5.91 Å². The molecule has 0 radical (unpaired) electrons. The van der Waals surface area contributed by atoms with E-state index < -0.39 is 0 Å². The molecule has 1 aliphatic rings. The highest BCUT2D eigenvalue weighted by Gasteiger charge is 2.16. The summed E-state index contributed by atoms with van der Waals surface area (Å²) in [5.74, 6) is 0.766. The van der Waals surface area contributed by atoms with Crippen molar-refractivity contribution in [3.63, 3.8) is 0 Å². The summed E-state index contributed by atoms with van der Waals surface area (Å²) < 4.78 is 16.2. The van der Waals surface area contributed by atoms with Crippen LogP contribution in [0.5, 0.6) is 11.5 Å². The third-order valence-electron chi connectivity index (χ3n) is 3.32. The van der Waals surface area contributed by atoms with Gasteiger partial charge in [0, 0.05) is 25.3 Å². The number of nitrogens with one attached hydrogen (secondary N) is 1. The van der Waals surface area contributed by atoms with Gasteiger partial charge in [-0.2, -0.15) is 5.26 Å². The van der Waals surface area contributed by atoms with Crippen LogP contribution in [0.1, 0.15) is 25.3 Å². The van der Waals surface area contributed by atoms with Crippen LogP contribution in [0.4, 0.5) is 0 Å². The zero-order valence-corrected chi connectivity index (χ0v) is 12.6. The number of carbonyl (C=O) groups excluding carboxylic acids is 1. The van der Waals surface area contributed by atoms with Crippen molar-refractivity contribution in [3.05, 3.63) is 23.8 Å². The van der Waals surface area contributed by atoms with Crippen molar-refractivity contribution in [3.8, 4) is 17.6 Å². The van der Waals surface area contributed by atoms with E-state index in [0.717, 1.165) is 12.8 Å². The average molecular weight is 304 g/mol. The third kappa shape index (κ3) is 4.64. The second-order valence-corrected chi connectivity index (χ2v) is 4.95. The van der Waals surface area contributed by atoms with E-state index in [1.54, 1.807) is 18.2 Å². The van der Waals surface area contributed by atoms with Gasteiger partial charge in [-0.05, 0) is 31.9 Å². The van der Waals surface area contributed by atoms with Crippen molar-refractivity contribution in [2.75, 3.05) is 26.4 Å². The molecule has 118 valence electrons. The van der Waals surface area contributed by atoms with Crippen LogP contribution in [0.3, 0.4) is 0 Å². The van der Waals surface area contributed by atoms with E-state index in [4.69, 9.17) is 19.5 Å². The number of nitriles is 1. The Labute approximate surface area is 130 Å². The SMILES string of the molecule is CCOc1cc(C#N)ccc1OCC(=O)NC1CCOCC1. The molecule has 1 amide bonds. The van der Waals surface area contributed by atoms with Gasteiger partial charge in [0.25, 0.3) is 5.91 Å². The van der Waals surface area contributed by atoms with E-state index in [9.17, 15) is 4.79 Å². The summed E-state index contributed by atoms with van der Waals surface area (Å²) in [4.78, 5) is 11.9. The third-order valence-corrected chi connectivity index (χ3v) is 3.32. The Bertz CT molecular complexity index is 548. The molecule has 1 N–H and O–H groups in total. The summed E-state index contributed by atoms with van der Waals surface area (Å²) in [6.07, 6.45) is 1.65. The van der Waals surface area contributed by atoms with Crippen LogP contribution in [-0.2, 0) is 9.53 Å². The number of nitrogens with zero attached hydrogens (tertiary/aromatic N) is 1.